The summed E-state index contributed by atoms with van der Waals surface area (Å²) in [7, 11) is 0. The maximum absolute atomic E-state index is 12.5. The van der Waals surface area contributed by atoms with E-state index in [0.717, 1.165) is 0 Å². The van der Waals surface area contributed by atoms with Gasteiger partial charge in [0, 0.05) is 0 Å². The predicted octanol–water partition coefficient (Wildman–Crippen LogP) is -3.25. The summed E-state index contributed by atoms with van der Waals surface area (Å²) in [5, 5.41) is 44.9. The monoisotopic (exact) mass is 452 g/mol. The van der Waals surface area contributed by atoms with Gasteiger partial charge in [0.15, 0.2) is 0 Å². The lowest BCUT2D eigenvalue weighted by molar-refractivity contribution is -0.143. The van der Waals surface area contributed by atoms with Crippen LogP contribution in [0.5, 0.6) is 0 Å². The highest BCUT2D eigenvalue weighted by Crippen LogP contribution is 2.04. The van der Waals surface area contributed by atoms with Crippen LogP contribution in [0, 0.1) is 0 Å². The number of carbonyl (C=O) groups is 4. The fourth-order valence-corrected chi connectivity index (χ4v) is 2.75. The second-order valence-corrected chi connectivity index (χ2v) is 7.89. The van der Waals surface area contributed by atoms with Gasteiger partial charge in [-0.25, -0.2) is 4.79 Å². The van der Waals surface area contributed by atoms with Crippen LogP contribution in [0.1, 0.15) is 27.2 Å². The van der Waals surface area contributed by atoms with Gasteiger partial charge in [-0.15, -0.1) is 0 Å². The summed E-state index contributed by atoms with van der Waals surface area (Å²) in [6.45, 7) is 3.69. The number of nitrogens with one attached hydrogen (secondary N) is 3. The number of carbonyl (C=O) groups excluding carboxylic acids is 3. The van der Waals surface area contributed by atoms with Crippen molar-refractivity contribution in [2.75, 3.05) is 12.0 Å². The topological polar surface area (TPSA) is 211 Å². The molecule has 13 heteroatoms. The first kappa shape index (κ1) is 28.1. The third kappa shape index (κ3) is 9.26. The zero-order valence-corrected chi connectivity index (χ0v) is 18.2. The molecule has 0 aromatic rings. The van der Waals surface area contributed by atoms with Gasteiger partial charge in [-0.3, -0.25) is 14.4 Å². The number of amides is 3. The number of hydrogen-bond donors (Lipinski definition) is 8. The molecule has 0 aliphatic heterocycles. The molecule has 0 saturated heterocycles. The van der Waals surface area contributed by atoms with Gasteiger partial charge in [0.2, 0.25) is 17.7 Å². The number of carboxylic acid groups (broad SMARTS) is 1. The zero-order valence-electron chi connectivity index (χ0n) is 17.4. The minimum atomic E-state index is -1.54. The molecule has 0 bridgehead atoms. The summed E-state index contributed by atoms with van der Waals surface area (Å²) < 4.78 is 0. The summed E-state index contributed by atoms with van der Waals surface area (Å²) in [5.41, 5.74) is 5.49. The number of aliphatic hydroxyl groups excluding tert-OH is 3. The van der Waals surface area contributed by atoms with Crippen molar-refractivity contribution in [2.45, 2.75) is 69.7 Å². The Kier molecular flexibility index (Phi) is 12.5. The Labute approximate surface area is 179 Å². The average Bonchev–Trinajstić information content (AvgIpc) is 2.65. The van der Waals surface area contributed by atoms with E-state index in [0.29, 0.717) is 5.75 Å². The second-order valence-electron chi connectivity index (χ2n) is 6.90. The van der Waals surface area contributed by atoms with Crippen LogP contribution >= 0.6 is 11.8 Å². The zero-order chi connectivity index (χ0) is 23.6. The van der Waals surface area contributed by atoms with Crippen LogP contribution in [0.25, 0.3) is 0 Å². The molecule has 0 aromatic carbocycles. The van der Waals surface area contributed by atoms with Crippen molar-refractivity contribution in [2.24, 2.45) is 5.73 Å². The van der Waals surface area contributed by atoms with Crippen molar-refractivity contribution in [1.29, 1.82) is 0 Å². The van der Waals surface area contributed by atoms with Crippen LogP contribution in [0.3, 0.4) is 0 Å². The first-order chi connectivity index (χ1) is 13.8. The summed E-state index contributed by atoms with van der Waals surface area (Å²) in [5.74, 6) is -3.67. The van der Waals surface area contributed by atoms with Crippen LogP contribution < -0.4 is 21.7 Å². The standard InChI is InChI=1S/C17H32N4O8S/c1-7(22)11(18)14(25)20-13(9(3)24)16(27)21-12(8(2)23)15(26)19-10(17(28)29)5-6-30-4/h7-13,22-24H,5-6,18H2,1-4H3,(H,19,26)(H,20,25)(H,21,27)(H,28,29). The van der Waals surface area contributed by atoms with E-state index in [1.807, 2.05) is 0 Å². The highest BCUT2D eigenvalue weighted by molar-refractivity contribution is 7.98. The summed E-state index contributed by atoms with van der Waals surface area (Å²) in [4.78, 5) is 48.3. The van der Waals surface area contributed by atoms with E-state index >= 15 is 0 Å². The predicted molar refractivity (Wildman–Crippen MR) is 109 cm³/mol. The Morgan fingerprint density at radius 2 is 1.27 bits per heavy atom. The van der Waals surface area contributed by atoms with Crippen molar-refractivity contribution in [3.63, 3.8) is 0 Å². The van der Waals surface area contributed by atoms with Crippen LogP contribution in [-0.4, -0.2) is 98.6 Å². The first-order valence-electron chi connectivity index (χ1n) is 9.26. The van der Waals surface area contributed by atoms with Crippen molar-refractivity contribution >= 4 is 35.5 Å². The van der Waals surface area contributed by atoms with Crippen LogP contribution in [0.15, 0.2) is 0 Å². The molecule has 30 heavy (non-hydrogen) atoms. The van der Waals surface area contributed by atoms with E-state index in [1.54, 1.807) is 6.26 Å². The molecule has 7 atom stereocenters. The van der Waals surface area contributed by atoms with Crippen molar-refractivity contribution in [3.05, 3.63) is 0 Å². The van der Waals surface area contributed by atoms with Gasteiger partial charge >= 0.3 is 5.97 Å². The number of nitrogens with two attached hydrogens (primary N) is 1. The first-order valence-corrected chi connectivity index (χ1v) is 10.6. The quantitative estimate of drug-likeness (QED) is 0.140. The van der Waals surface area contributed by atoms with Crippen molar-refractivity contribution in [3.8, 4) is 0 Å². The molecule has 3 amide bonds. The molecular weight excluding hydrogens is 420 g/mol. The second kappa shape index (κ2) is 13.4. The van der Waals surface area contributed by atoms with Crippen LogP contribution in [0.4, 0.5) is 0 Å². The summed E-state index contributed by atoms with van der Waals surface area (Å²) in [6.07, 6.45) is -2.12. The maximum Gasteiger partial charge on any atom is 0.326 e. The lowest BCUT2D eigenvalue weighted by Gasteiger charge is -2.27. The Morgan fingerprint density at radius 3 is 1.63 bits per heavy atom. The van der Waals surface area contributed by atoms with Gasteiger partial charge in [0.1, 0.15) is 24.2 Å². The molecule has 0 radical (unpaired) electrons. The van der Waals surface area contributed by atoms with Gasteiger partial charge in [0.05, 0.1) is 18.3 Å². The summed E-state index contributed by atoms with van der Waals surface area (Å²) in [6, 6.07) is -5.66. The van der Waals surface area contributed by atoms with Crippen LogP contribution in [-0.2, 0) is 19.2 Å². The smallest absolute Gasteiger partial charge is 0.326 e. The molecule has 0 saturated carbocycles. The molecule has 0 fully saturated rings. The van der Waals surface area contributed by atoms with E-state index in [9.17, 15) is 39.6 Å². The molecule has 9 N–H and O–H groups in total. The van der Waals surface area contributed by atoms with Gasteiger partial charge in [-0.1, -0.05) is 0 Å². The van der Waals surface area contributed by atoms with Crippen molar-refractivity contribution in [1.82, 2.24) is 16.0 Å². The highest BCUT2D eigenvalue weighted by atomic mass is 32.2. The molecule has 7 unspecified atom stereocenters. The molecule has 0 aliphatic rings. The van der Waals surface area contributed by atoms with E-state index < -0.39 is 66.2 Å². The molecule has 0 heterocycles. The van der Waals surface area contributed by atoms with Gasteiger partial charge in [-0.05, 0) is 39.2 Å². The van der Waals surface area contributed by atoms with E-state index in [1.165, 1.54) is 32.5 Å². The summed E-state index contributed by atoms with van der Waals surface area (Å²) >= 11 is 1.39. The Balaban J connectivity index is 5.32. The molecule has 0 spiro atoms. The molecule has 0 aromatic heterocycles. The SMILES string of the molecule is CSCCC(NC(=O)C(NC(=O)C(NC(=O)C(N)C(C)O)C(C)O)C(C)O)C(=O)O. The number of rotatable bonds is 13. The third-order valence-electron chi connectivity index (χ3n) is 4.17. The Hall–Kier alpha value is -1.93. The number of hydrogen-bond acceptors (Lipinski definition) is 9. The lowest BCUT2D eigenvalue weighted by atomic mass is 10.1. The fourth-order valence-electron chi connectivity index (χ4n) is 2.28. The average molecular weight is 453 g/mol. The van der Waals surface area contributed by atoms with E-state index in [-0.39, 0.29) is 6.42 Å². The molecule has 0 aliphatic carbocycles. The minimum absolute atomic E-state index is 0.131. The molecular formula is C17H32N4O8S. The lowest BCUT2D eigenvalue weighted by Crippen LogP contribution is -2.62. The number of aliphatic carboxylic acids is 1. The van der Waals surface area contributed by atoms with Crippen molar-refractivity contribution < 1.29 is 39.6 Å². The molecule has 0 rings (SSSR count). The molecule has 12 nitrogen and oxygen atoms in total. The van der Waals surface area contributed by atoms with E-state index in [2.05, 4.69) is 16.0 Å². The third-order valence-corrected chi connectivity index (χ3v) is 4.82. The van der Waals surface area contributed by atoms with Crippen LogP contribution in [0.2, 0.25) is 0 Å². The number of aliphatic hydroxyl groups is 3. The van der Waals surface area contributed by atoms with Gasteiger partial charge in [0.25, 0.3) is 0 Å². The molecule has 174 valence electrons. The largest absolute Gasteiger partial charge is 0.480 e. The Morgan fingerprint density at radius 1 is 0.833 bits per heavy atom. The normalized spacial score (nSPS) is 18.1. The number of thioether (sulfide) groups is 1. The van der Waals surface area contributed by atoms with Gasteiger partial charge < -0.3 is 42.1 Å². The fraction of sp³-hybridized carbons (Fsp3) is 0.765. The highest BCUT2D eigenvalue weighted by Gasteiger charge is 2.34. The Bertz CT molecular complexity index is 602. The van der Waals surface area contributed by atoms with E-state index in [4.69, 9.17) is 5.73 Å². The minimum Gasteiger partial charge on any atom is -0.480 e. The van der Waals surface area contributed by atoms with Gasteiger partial charge in [-0.2, -0.15) is 11.8 Å². The maximum atomic E-state index is 12.5. The number of carboxylic acids is 1.